The molecule has 3 aromatic rings. The normalized spacial score (nSPS) is 11.5. The minimum absolute atomic E-state index is 0.0759. The molecule has 0 saturated heterocycles. The van der Waals surface area contributed by atoms with Crippen molar-refractivity contribution in [2.45, 2.75) is 20.3 Å². The number of hydrogen-bond donors (Lipinski definition) is 1. The van der Waals surface area contributed by atoms with Crippen LogP contribution in [0.15, 0.2) is 73.1 Å². The Morgan fingerprint density at radius 3 is 2.33 bits per heavy atom. The van der Waals surface area contributed by atoms with Gasteiger partial charge in [-0.1, -0.05) is 31.3 Å². The van der Waals surface area contributed by atoms with Gasteiger partial charge in [0.25, 0.3) is 5.69 Å². The summed E-state index contributed by atoms with van der Waals surface area (Å²) in [6, 6.07) is 17.1. The minimum Gasteiger partial charge on any atom is -0.867 e. The first-order valence-electron chi connectivity index (χ1n) is 9.43. The Kier molecular flexibility index (Phi) is 6.54. The van der Waals surface area contributed by atoms with Crippen LogP contribution in [-0.2, 0) is 6.42 Å². The molecule has 1 N–H and O–H groups in total. The molecule has 0 aliphatic rings. The van der Waals surface area contributed by atoms with Crippen LogP contribution in [-0.4, -0.2) is 9.91 Å². The highest BCUT2D eigenvalue weighted by molar-refractivity contribution is 7.81. The van der Waals surface area contributed by atoms with E-state index in [1.54, 1.807) is 10.8 Å². The molecule has 0 amide bonds. The summed E-state index contributed by atoms with van der Waals surface area (Å²) in [7, 11) is 0. The van der Waals surface area contributed by atoms with Gasteiger partial charge in [-0.15, -0.1) is 0 Å². The molecule has 1 heterocycles. The largest absolute Gasteiger partial charge is 0.867 e. The quantitative estimate of drug-likeness (QED) is 0.164. The molecule has 6 nitrogen and oxygen atoms in total. The molecule has 0 fully saturated rings. The standard InChI is InChI=1S/C23H21N3O3S/c1-3-17-6-10-19(11-7-17)24-23(30)21(25-14-4-5-16(2)15-25)22(27)18-8-12-20(13-9-18)26(28)29/h4-15H,3H2,1-2H3,(H-,24,27,30). The molecule has 152 valence electrons. The highest BCUT2D eigenvalue weighted by Gasteiger charge is 2.19. The third-order valence-corrected chi connectivity index (χ3v) is 4.89. The van der Waals surface area contributed by atoms with Crippen molar-refractivity contribution in [3.63, 3.8) is 0 Å². The molecule has 0 atom stereocenters. The fourth-order valence-electron chi connectivity index (χ4n) is 2.96. The summed E-state index contributed by atoms with van der Waals surface area (Å²) >= 11 is 5.59. The predicted octanol–water partition coefficient (Wildman–Crippen LogP) is 3.88. The molecular formula is C23H21N3O3S. The second-order valence-electron chi connectivity index (χ2n) is 6.77. The fraction of sp³-hybridized carbons (Fsp3) is 0.130. The van der Waals surface area contributed by atoms with Gasteiger partial charge in [0.15, 0.2) is 17.4 Å². The van der Waals surface area contributed by atoms with Crippen molar-refractivity contribution >= 4 is 40.0 Å². The molecule has 7 heteroatoms. The van der Waals surface area contributed by atoms with E-state index in [0.717, 1.165) is 17.7 Å². The van der Waals surface area contributed by atoms with Gasteiger partial charge >= 0.3 is 0 Å². The molecule has 3 rings (SSSR count). The molecule has 0 spiro atoms. The molecular weight excluding hydrogens is 398 g/mol. The molecule has 0 bridgehead atoms. The molecule has 30 heavy (non-hydrogen) atoms. The van der Waals surface area contributed by atoms with Crippen LogP contribution in [0.2, 0.25) is 0 Å². The Morgan fingerprint density at radius 1 is 1.10 bits per heavy atom. The van der Waals surface area contributed by atoms with E-state index in [0.29, 0.717) is 5.56 Å². The number of pyridine rings is 1. The van der Waals surface area contributed by atoms with Crippen LogP contribution in [0.25, 0.3) is 11.5 Å². The summed E-state index contributed by atoms with van der Waals surface area (Å²) in [5.74, 6) is -0.330. The van der Waals surface area contributed by atoms with Gasteiger partial charge in [0.05, 0.1) is 4.92 Å². The number of benzene rings is 2. The van der Waals surface area contributed by atoms with Crippen LogP contribution < -0.4 is 15.0 Å². The van der Waals surface area contributed by atoms with Crippen molar-refractivity contribution in [2.75, 3.05) is 5.32 Å². The zero-order valence-electron chi connectivity index (χ0n) is 16.7. The van der Waals surface area contributed by atoms with Crippen LogP contribution >= 0.6 is 12.2 Å². The lowest BCUT2D eigenvalue weighted by Crippen LogP contribution is -2.40. The lowest BCUT2D eigenvalue weighted by molar-refractivity contribution is -0.578. The highest BCUT2D eigenvalue weighted by Crippen LogP contribution is 2.20. The SMILES string of the molecule is CCc1ccc(NC(=S)C(=C([O-])c2ccc([N+](=O)[O-])cc2)[n+]2cccc(C)c2)cc1. The van der Waals surface area contributed by atoms with Crippen LogP contribution in [0.3, 0.4) is 0 Å². The number of nitro benzene ring substituents is 1. The smallest absolute Gasteiger partial charge is 0.269 e. The van der Waals surface area contributed by atoms with Gasteiger partial charge in [-0.25, -0.2) is 0 Å². The van der Waals surface area contributed by atoms with Gasteiger partial charge in [0, 0.05) is 29.4 Å². The number of nitro groups is 1. The van der Waals surface area contributed by atoms with Crippen molar-refractivity contribution in [3.05, 3.63) is 99.9 Å². The lowest BCUT2D eigenvalue weighted by atomic mass is 10.1. The summed E-state index contributed by atoms with van der Waals surface area (Å²) in [5, 5.41) is 27.4. The number of nitrogens with zero attached hydrogens (tertiary/aromatic N) is 2. The first-order chi connectivity index (χ1) is 14.4. The topological polar surface area (TPSA) is 82.1 Å². The summed E-state index contributed by atoms with van der Waals surface area (Å²) < 4.78 is 1.68. The van der Waals surface area contributed by atoms with Crippen LogP contribution in [0.4, 0.5) is 11.4 Å². The maximum absolute atomic E-state index is 13.3. The minimum atomic E-state index is -0.500. The first-order valence-corrected chi connectivity index (χ1v) is 9.84. The van der Waals surface area contributed by atoms with Gasteiger partial charge in [-0.2, -0.15) is 4.57 Å². The molecule has 0 saturated carbocycles. The second kappa shape index (κ2) is 9.28. The van der Waals surface area contributed by atoms with E-state index in [4.69, 9.17) is 12.2 Å². The van der Waals surface area contributed by atoms with Crippen LogP contribution in [0, 0.1) is 17.0 Å². The number of non-ortho nitro benzene ring substituents is 1. The van der Waals surface area contributed by atoms with E-state index in [-0.39, 0.29) is 22.1 Å². The third kappa shape index (κ3) is 4.87. The van der Waals surface area contributed by atoms with Crippen molar-refractivity contribution < 1.29 is 14.6 Å². The lowest BCUT2D eigenvalue weighted by Gasteiger charge is -2.17. The second-order valence-corrected chi connectivity index (χ2v) is 7.18. The van der Waals surface area contributed by atoms with Crippen LogP contribution in [0.1, 0.15) is 23.6 Å². The summed E-state index contributed by atoms with van der Waals surface area (Å²) in [6.45, 7) is 4.00. The molecule has 2 aromatic carbocycles. The first kappa shape index (κ1) is 21.1. The Morgan fingerprint density at radius 2 is 1.77 bits per heavy atom. The van der Waals surface area contributed by atoms with Crippen LogP contribution in [0.5, 0.6) is 0 Å². The number of anilines is 1. The average molecular weight is 420 g/mol. The average Bonchev–Trinajstić information content (AvgIpc) is 2.74. The van der Waals surface area contributed by atoms with E-state index in [1.165, 1.54) is 29.8 Å². The third-order valence-electron chi connectivity index (χ3n) is 4.60. The summed E-state index contributed by atoms with van der Waals surface area (Å²) in [4.78, 5) is 10.7. The van der Waals surface area contributed by atoms with Crippen molar-refractivity contribution in [1.82, 2.24) is 0 Å². The molecule has 0 aliphatic heterocycles. The van der Waals surface area contributed by atoms with E-state index in [2.05, 4.69) is 12.2 Å². The monoisotopic (exact) mass is 419 g/mol. The molecule has 0 radical (unpaired) electrons. The Balaban J connectivity index is 2.03. The Labute approximate surface area is 180 Å². The van der Waals surface area contributed by atoms with Gasteiger partial charge in [0.1, 0.15) is 0 Å². The maximum Gasteiger partial charge on any atom is 0.269 e. The summed E-state index contributed by atoms with van der Waals surface area (Å²) in [5.41, 5.74) is 3.44. The van der Waals surface area contributed by atoms with Gasteiger partial charge in [-0.3, -0.25) is 10.1 Å². The van der Waals surface area contributed by atoms with Gasteiger partial charge < -0.3 is 10.4 Å². The zero-order valence-corrected chi connectivity index (χ0v) is 17.5. The number of nitrogens with one attached hydrogen (secondary N) is 1. The maximum atomic E-state index is 13.3. The number of aryl methyl sites for hydroxylation is 2. The summed E-state index contributed by atoms with van der Waals surface area (Å²) in [6.07, 6.45) is 4.49. The fourth-order valence-corrected chi connectivity index (χ4v) is 3.27. The Bertz CT molecular complexity index is 1110. The van der Waals surface area contributed by atoms with E-state index >= 15 is 0 Å². The van der Waals surface area contributed by atoms with E-state index < -0.39 is 4.92 Å². The highest BCUT2D eigenvalue weighted by atomic mass is 32.1. The number of rotatable bonds is 6. The number of aromatic nitrogens is 1. The van der Waals surface area contributed by atoms with Crippen molar-refractivity contribution in [3.8, 4) is 0 Å². The van der Waals surface area contributed by atoms with Gasteiger partial charge in [0.2, 0.25) is 5.70 Å². The molecule has 0 unspecified atom stereocenters. The van der Waals surface area contributed by atoms with E-state index in [1.807, 2.05) is 49.5 Å². The van der Waals surface area contributed by atoms with Gasteiger partial charge in [-0.05, 0) is 60.6 Å². The molecule has 1 aromatic heterocycles. The number of thiocarbonyl (C=S) groups is 1. The number of hydrogen-bond acceptors (Lipinski definition) is 4. The Hall–Kier alpha value is -3.58. The predicted molar refractivity (Wildman–Crippen MR) is 120 cm³/mol. The van der Waals surface area contributed by atoms with Crippen molar-refractivity contribution in [2.24, 2.45) is 0 Å². The van der Waals surface area contributed by atoms with E-state index in [9.17, 15) is 15.2 Å². The van der Waals surface area contributed by atoms with Crippen molar-refractivity contribution in [1.29, 1.82) is 0 Å². The zero-order chi connectivity index (χ0) is 21.7. The molecule has 0 aliphatic carbocycles.